The van der Waals surface area contributed by atoms with Gasteiger partial charge in [-0.05, 0) is 45.2 Å². The van der Waals surface area contributed by atoms with Crippen molar-refractivity contribution in [3.63, 3.8) is 0 Å². The quantitative estimate of drug-likeness (QED) is 0.520. The molecule has 0 aromatic rings. The van der Waals surface area contributed by atoms with Crippen LogP contribution in [0.2, 0.25) is 0 Å². The van der Waals surface area contributed by atoms with Gasteiger partial charge in [-0.15, -0.1) is 0 Å². The van der Waals surface area contributed by atoms with Crippen molar-refractivity contribution in [3.05, 3.63) is 0 Å². The predicted octanol–water partition coefficient (Wildman–Crippen LogP) is 0.859. The fourth-order valence-electron chi connectivity index (χ4n) is 2.55. The zero-order valence-electron chi connectivity index (χ0n) is 12.6. The number of likely N-dealkylation sites (tertiary alicyclic amines) is 1. The van der Waals surface area contributed by atoms with Crippen molar-refractivity contribution >= 4 is 5.91 Å². The van der Waals surface area contributed by atoms with Crippen molar-refractivity contribution < 1.29 is 9.90 Å². The fourth-order valence-corrected chi connectivity index (χ4v) is 2.55. The first kappa shape index (κ1) is 17.4. The van der Waals surface area contributed by atoms with Crippen LogP contribution < -0.4 is 11.1 Å². The van der Waals surface area contributed by atoms with E-state index in [9.17, 15) is 9.90 Å². The number of unbranched alkanes of at least 4 members (excludes halogenated alkanes) is 3. The molecule has 1 aliphatic heterocycles. The molecule has 1 amide bonds. The van der Waals surface area contributed by atoms with E-state index in [1.54, 1.807) is 0 Å². The molecule has 1 heterocycles. The van der Waals surface area contributed by atoms with Gasteiger partial charge < -0.3 is 21.1 Å². The van der Waals surface area contributed by atoms with Crippen LogP contribution in [0.1, 0.15) is 51.4 Å². The van der Waals surface area contributed by atoms with Gasteiger partial charge in [-0.25, -0.2) is 0 Å². The molecule has 0 atom stereocenters. The highest BCUT2D eigenvalue weighted by Gasteiger charge is 2.15. The standard InChI is InChI=1S/C15H31N3O2/c16-9-4-2-1-3-6-15(20)17-10-5-11-18-12-7-14(19)8-13-18/h14,19H,1-13,16H2,(H,17,20). The maximum absolute atomic E-state index is 11.6. The van der Waals surface area contributed by atoms with Gasteiger partial charge in [0.2, 0.25) is 5.91 Å². The first-order valence-electron chi connectivity index (χ1n) is 8.09. The van der Waals surface area contributed by atoms with E-state index in [0.29, 0.717) is 6.42 Å². The molecule has 1 saturated heterocycles. The number of rotatable bonds is 10. The molecular formula is C15H31N3O2. The lowest BCUT2D eigenvalue weighted by Gasteiger charge is -2.29. The monoisotopic (exact) mass is 285 g/mol. The van der Waals surface area contributed by atoms with E-state index in [1.165, 1.54) is 0 Å². The number of hydrogen-bond donors (Lipinski definition) is 3. The SMILES string of the molecule is NCCCCCCC(=O)NCCCN1CCC(O)CC1. The van der Waals surface area contributed by atoms with Crippen LogP contribution in [0.3, 0.4) is 0 Å². The minimum atomic E-state index is -0.106. The molecule has 0 aromatic heterocycles. The molecule has 4 N–H and O–H groups in total. The average Bonchev–Trinajstić information content (AvgIpc) is 2.45. The Bertz CT molecular complexity index is 254. The van der Waals surface area contributed by atoms with E-state index in [1.807, 2.05) is 0 Å². The molecule has 1 aliphatic rings. The van der Waals surface area contributed by atoms with Crippen molar-refractivity contribution in [2.45, 2.75) is 57.5 Å². The second-order valence-corrected chi connectivity index (χ2v) is 5.73. The zero-order chi connectivity index (χ0) is 14.6. The lowest BCUT2D eigenvalue weighted by molar-refractivity contribution is -0.121. The third-order valence-electron chi connectivity index (χ3n) is 3.89. The number of piperidine rings is 1. The molecule has 0 aromatic carbocycles. The lowest BCUT2D eigenvalue weighted by atomic mass is 10.1. The maximum Gasteiger partial charge on any atom is 0.219 e. The Hall–Kier alpha value is -0.650. The number of aliphatic hydroxyl groups excluding tert-OH is 1. The van der Waals surface area contributed by atoms with E-state index in [4.69, 9.17) is 5.73 Å². The van der Waals surface area contributed by atoms with E-state index in [-0.39, 0.29) is 12.0 Å². The smallest absolute Gasteiger partial charge is 0.219 e. The third kappa shape index (κ3) is 8.51. The van der Waals surface area contributed by atoms with E-state index in [2.05, 4.69) is 10.2 Å². The van der Waals surface area contributed by atoms with Gasteiger partial charge in [0.05, 0.1) is 6.10 Å². The first-order valence-corrected chi connectivity index (χ1v) is 8.09. The molecule has 1 fully saturated rings. The first-order chi connectivity index (χ1) is 9.72. The summed E-state index contributed by atoms with van der Waals surface area (Å²) in [6.07, 6.45) is 7.55. The van der Waals surface area contributed by atoms with Gasteiger partial charge in [0, 0.05) is 26.1 Å². The van der Waals surface area contributed by atoms with E-state index < -0.39 is 0 Å². The Kier molecular flexibility index (Phi) is 9.62. The van der Waals surface area contributed by atoms with Crippen LogP contribution in [0, 0.1) is 0 Å². The number of hydrogen-bond acceptors (Lipinski definition) is 4. The molecule has 1 rings (SSSR count). The van der Waals surface area contributed by atoms with Crippen LogP contribution in [-0.2, 0) is 4.79 Å². The number of amides is 1. The van der Waals surface area contributed by atoms with Gasteiger partial charge in [-0.1, -0.05) is 12.8 Å². The summed E-state index contributed by atoms with van der Waals surface area (Å²) in [5.41, 5.74) is 5.42. The lowest BCUT2D eigenvalue weighted by Crippen LogP contribution is -2.37. The highest BCUT2D eigenvalue weighted by Crippen LogP contribution is 2.09. The number of nitrogens with two attached hydrogens (primary N) is 1. The minimum absolute atomic E-state index is 0.106. The molecule has 0 aliphatic carbocycles. The van der Waals surface area contributed by atoms with Crippen molar-refractivity contribution in [1.29, 1.82) is 0 Å². The Morgan fingerprint density at radius 1 is 1.15 bits per heavy atom. The Labute approximate surface area is 122 Å². The van der Waals surface area contributed by atoms with Gasteiger partial charge in [0.1, 0.15) is 0 Å². The molecule has 5 heteroatoms. The number of aliphatic hydroxyl groups is 1. The van der Waals surface area contributed by atoms with Gasteiger partial charge in [0.25, 0.3) is 0 Å². The third-order valence-corrected chi connectivity index (χ3v) is 3.89. The molecule has 0 unspecified atom stereocenters. The highest BCUT2D eigenvalue weighted by molar-refractivity contribution is 5.75. The van der Waals surface area contributed by atoms with Crippen LogP contribution in [-0.4, -0.2) is 54.7 Å². The van der Waals surface area contributed by atoms with E-state index in [0.717, 1.165) is 77.7 Å². The molecular weight excluding hydrogens is 254 g/mol. The summed E-state index contributed by atoms with van der Waals surface area (Å²) in [6, 6.07) is 0. The summed E-state index contributed by atoms with van der Waals surface area (Å²) in [4.78, 5) is 14.0. The van der Waals surface area contributed by atoms with Crippen molar-refractivity contribution in [3.8, 4) is 0 Å². The molecule has 20 heavy (non-hydrogen) atoms. The molecule has 5 nitrogen and oxygen atoms in total. The second-order valence-electron chi connectivity index (χ2n) is 5.73. The normalized spacial score (nSPS) is 17.3. The summed E-state index contributed by atoms with van der Waals surface area (Å²) in [5, 5.41) is 12.4. The number of nitrogens with zero attached hydrogens (tertiary/aromatic N) is 1. The van der Waals surface area contributed by atoms with Crippen molar-refractivity contribution in [2.24, 2.45) is 5.73 Å². The molecule has 0 spiro atoms. The topological polar surface area (TPSA) is 78.6 Å². The molecule has 0 saturated carbocycles. The van der Waals surface area contributed by atoms with Crippen LogP contribution in [0.25, 0.3) is 0 Å². The van der Waals surface area contributed by atoms with Crippen LogP contribution in [0.4, 0.5) is 0 Å². The Morgan fingerprint density at radius 3 is 2.55 bits per heavy atom. The van der Waals surface area contributed by atoms with Crippen LogP contribution >= 0.6 is 0 Å². The van der Waals surface area contributed by atoms with Gasteiger partial charge in [-0.3, -0.25) is 4.79 Å². The molecule has 118 valence electrons. The van der Waals surface area contributed by atoms with Gasteiger partial charge >= 0.3 is 0 Å². The van der Waals surface area contributed by atoms with Gasteiger partial charge in [-0.2, -0.15) is 0 Å². The Morgan fingerprint density at radius 2 is 1.85 bits per heavy atom. The summed E-state index contributed by atoms with van der Waals surface area (Å²) in [7, 11) is 0. The highest BCUT2D eigenvalue weighted by atomic mass is 16.3. The van der Waals surface area contributed by atoms with Crippen molar-refractivity contribution in [1.82, 2.24) is 10.2 Å². The zero-order valence-corrected chi connectivity index (χ0v) is 12.6. The number of nitrogens with one attached hydrogen (secondary N) is 1. The summed E-state index contributed by atoms with van der Waals surface area (Å²) in [6.45, 7) is 4.50. The average molecular weight is 285 g/mol. The predicted molar refractivity (Wildman–Crippen MR) is 81.4 cm³/mol. The summed E-state index contributed by atoms with van der Waals surface area (Å²) in [5.74, 6) is 0.173. The van der Waals surface area contributed by atoms with Crippen molar-refractivity contribution in [2.75, 3.05) is 32.7 Å². The summed E-state index contributed by atoms with van der Waals surface area (Å²) >= 11 is 0. The fraction of sp³-hybridized carbons (Fsp3) is 0.933. The van der Waals surface area contributed by atoms with Crippen LogP contribution in [0.15, 0.2) is 0 Å². The number of carbonyl (C=O) groups is 1. The Balaban J connectivity index is 1.89. The largest absolute Gasteiger partial charge is 0.393 e. The molecule has 0 radical (unpaired) electrons. The number of carbonyl (C=O) groups excluding carboxylic acids is 1. The van der Waals surface area contributed by atoms with Crippen LogP contribution in [0.5, 0.6) is 0 Å². The summed E-state index contributed by atoms with van der Waals surface area (Å²) < 4.78 is 0. The minimum Gasteiger partial charge on any atom is -0.393 e. The second kappa shape index (κ2) is 11.1. The van der Waals surface area contributed by atoms with E-state index >= 15 is 0 Å². The molecule has 0 bridgehead atoms. The maximum atomic E-state index is 11.6. The van der Waals surface area contributed by atoms with Gasteiger partial charge in [0.15, 0.2) is 0 Å².